The number of hydrogen-bond donors (Lipinski definition) is 0. The number of rotatable bonds is 17. The van der Waals surface area contributed by atoms with Gasteiger partial charge in [0.25, 0.3) is 0 Å². The second kappa shape index (κ2) is 14.5. The molecule has 0 spiro atoms. The van der Waals surface area contributed by atoms with Gasteiger partial charge in [-0.25, -0.2) is 0 Å². The fourth-order valence-corrected chi connectivity index (χ4v) is 5.12. The van der Waals surface area contributed by atoms with E-state index in [0.717, 1.165) is 19.5 Å². The first-order valence-corrected chi connectivity index (χ1v) is 13.1. The summed E-state index contributed by atoms with van der Waals surface area (Å²) >= 11 is 0. The van der Waals surface area contributed by atoms with E-state index in [1.165, 1.54) is 89.9 Å². The highest BCUT2D eigenvalue weighted by Crippen LogP contribution is 2.36. The van der Waals surface area contributed by atoms with Crippen LogP contribution in [0.15, 0.2) is 0 Å². The van der Waals surface area contributed by atoms with Crippen molar-refractivity contribution in [3.63, 3.8) is 0 Å². The Bertz CT molecular complexity index is 452. The van der Waals surface area contributed by atoms with Gasteiger partial charge in [-0.3, -0.25) is 0 Å². The highest BCUT2D eigenvalue weighted by molar-refractivity contribution is 5.71. The highest BCUT2D eigenvalue weighted by atomic mass is 16.4. The van der Waals surface area contributed by atoms with E-state index in [0.29, 0.717) is 12.5 Å². The van der Waals surface area contributed by atoms with Gasteiger partial charge in [-0.05, 0) is 50.6 Å². The van der Waals surface area contributed by atoms with Crippen molar-refractivity contribution >= 4 is 5.97 Å². The Kier molecular flexibility index (Phi) is 13.3. The van der Waals surface area contributed by atoms with Gasteiger partial charge in [0.2, 0.25) is 0 Å². The number of carboxylic acid groups (broad SMARTS) is 1. The molecule has 178 valence electrons. The lowest BCUT2D eigenvalue weighted by Gasteiger charge is -2.42. The van der Waals surface area contributed by atoms with Crippen molar-refractivity contribution in [3.8, 4) is 0 Å². The van der Waals surface area contributed by atoms with Crippen LogP contribution < -0.4 is 5.11 Å². The molecule has 1 atom stereocenters. The van der Waals surface area contributed by atoms with Gasteiger partial charge in [0.05, 0.1) is 0 Å². The van der Waals surface area contributed by atoms with Crippen molar-refractivity contribution < 1.29 is 9.90 Å². The van der Waals surface area contributed by atoms with Gasteiger partial charge in [-0.1, -0.05) is 105 Å². The molecule has 1 saturated heterocycles. The van der Waals surface area contributed by atoms with Gasteiger partial charge in [0, 0.05) is 17.4 Å². The summed E-state index contributed by atoms with van der Waals surface area (Å²) in [5.41, 5.74) is -0.487. The minimum Gasteiger partial charge on any atom is -0.550 e. The highest BCUT2D eigenvalue weighted by Gasteiger charge is 2.33. The maximum absolute atomic E-state index is 11.6. The third-order valence-electron chi connectivity index (χ3n) is 7.20. The van der Waals surface area contributed by atoms with E-state index in [9.17, 15) is 9.90 Å². The molecule has 3 nitrogen and oxygen atoms in total. The quantitative estimate of drug-likeness (QED) is 0.244. The smallest absolute Gasteiger partial charge is 0.0471 e. The average molecular weight is 423 g/mol. The summed E-state index contributed by atoms with van der Waals surface area (Å²) in [6.07, 6.45) is 20.7. The monoisotopic (exact) mass is 422 g/mol. The summed E-state index contributed by atoms with van der Waals surface area (Å²) in [5.74, 6) is -0.906. The molecule has 1 heterocycles. The van der Waals surface area contributed by atoms with Gasteiger partial charge in [0.1, 0.15) is 0 Å². The molecule has 1 unspecified atom stereocenters. The number of carboxylic acids is 1. The maximum Gasteiger partial charge on any atom is 0.0471 e. The van der Waals surface area contributed by atoms with E-state index in [1.54, 1.807) is 0 Å². The van der Waals surface area contributed by atoms with Crippen molar-refractivity contribution in [2.24, 2.45) is 10.8 Å². The molecular weight excluding hydrogens is 370 g/mol. The number of unbranched alkanes of at least 4 members (excludes halogenated alkanes) is 9. The minimum absolute atomic E-state index is 0.268. The van der Waals surface area contributed by atoms with Gasteiger partial charge < -0.3 is 14.8 Å². The minimum atomic E-state index is -0.906. The largest absolute Gasteiger partial charge is 0.550 e. The fourth-order valence-electron chi connectivity index (χ4n) is 5.12. The molecule has 1 fully saturated rings. The fraction of sp³-hybridized carbons (Fsp3) is 0.963. The SMILES string of the molecule is CCCCCCCCCCCCC(C)(C)CC(CC(C)(C)C(=O)[O-])N1CCCCC1. The molecule has 0 aromatic carbocycles. The van der Waals surface area contributed by atoms with Crippen molar-refractivity contribution in [1.82, 2.24) is 4.90 Å². The maximum atomic E-state index is 11.6. The van der Waals surface area contributed by atoms with Gasteiger partial charge in [-0.15, -0.1) is 0 Å². The molecule has 30 heavy (non-hydrogen) atoms. The third kappa shape index (κ3) is 11.7. The topological polar surface area (TPSA) is 43.4 Å². The number of carbonyl (C=O) groups is 1. The molecule has 0 radical (unpaired) electrons. The molecule has 0 bridgehead atoms. The van der Waals surface area contributed by atoms with Crippen LogP contribution in [0.5, 0.6) is 0 Å². The molecule has 0 aromatic rings. The molecule has 0 aliphatic carbocycles. The first-order chi connectivity index (χ1) is 14.2. The molecule has 1 rings (SSSR count). The van der Waals surface area contributed by atoms with E-state index in [2.05, 4.69) is 25.7 Å². The van der Waals surface area contributed by atoms with Crippen LogP contribution in [0.1, 0.15) is 137 Å². The summed E-state index contributed by atoms with van der Waals surface area (Å²) in [5, 5.41) is 11.6. The van der Waals surface area contributed by atoms with Crippen molar-refractivity contribution in [1.29, 1.82) is 0 Å². The number of aliphatic carboxylic acids is 1. The molecule has 0 aromatic heterocycles. The summed E-state index contributed by atoms with van der Waals surface area (Å²) in [4.78, 5) is 14.2. The molecular formula is C27H52NO2-. The third-order valence-corrected chi connectivity index (χ3v) is 7.20. The van der Waals surface area contributed by atoms with E-state index < -0.39 is 11.4 Å². The van der Waals surface area contributed by atoms with Crippen LogP contribution in [0.2, 0.25) is 0 Å². The van der Waals surface area contributed by atoms with Crippen LogP contribution in [0, 0.1) is 10.8 Å². The Morgan fingerprint density at radius 2 is 1.30 bits per heavy atom. The van der Waals surface area contributed by atoms with Crippen LogP contribution in [-0.2, 0) is 4.79 Å². The summed E-state index contributed by atoms with van der Waals surface area (Å²) < 4.78 is 0. The van der Waals surface area contributed by atoms with E-state index >= 15 is 0 Å². The number of carbonyl (C=O) groups excluding carboxylic acids is 1. The summed E-state index contributed by atoms with van der Waals surface area (Å²) in [7, 11) is 0. The van der Waals surface area contributed by atoms with Crippen LogP contribution in [0.3, 0.4) is 0 Å². The Balaban J connectivity index is 2.38. The number of piperidine rings is 1. The normalized spacial score (nSPS) is 17.2. The Morgan fingerprint density at radius 1 is 0.800 bits per heavy atom. The molecule has 3 heteroatoms. The zero-order valence-electron chi connectivity index (χ0n) is 21.1. The number of hydrogen-bond acceptors (Lipinski definition) is 3. The lowest BCUT2D eigenvalue weighted by Crippen LogP contribution is -2.47. The standard InChI is InChI=1S/C27H53NO2/c1-6-7-8-9-10-11-12-13-14-16-19-26(2,3)22-24(23-27(4,5)25(29)30)28-20-17-15-18-21-28/h24H,6-23H2,1-5H3,(H,29,30)/p-1. The van der Waals surface area contributed by atoms with Crippen LogP contribution in [0.25, 0.3) is 0 Å². The first kappa shape index (κ1) is 27.5. The second-order valence-electron chi connectivity index (χ2n) is 11.4. The van der Waals surface area contributed by atoms with Crippen LogP contribution >= 0.6 is 0 Å². The first-order valence-electron chi connectivity index (χ1n) is 13.1. The molecule has 1 aliphatic heterocycles. The van der Waals surface area contributed by atoms with Crippen molar-refractivity contribution in [2.75, 3.05) is 13.1 Å². The van der Waals surface area contributed by atoms with Gasteiger partial charge >= 0.3 is 0 Å². The van der Waals surface area contributed by atoms with E-state index in [4.69, 9.17) is 0 Å². The summed E-state index contributed by atoms with van der Waals surface area (Å²) in [6, 6.07) is 0.358. The molecule has 0 amide bonds. The lowest BCUT2D eigenvalue weighted by atomic mass is 9.75. The second-order valence-corrected chi connectivity index (χ2v) is 11.4. The zero-order chi connectivity index (χ0) is 22.5. The number of likely N-dealkylation sites (tertiary alicyclic amines) is 1. The molecule has 1 aliphatic rings. The van der Waals surface area contributed by atoms with Gasteiger partial charge in [0.15, 0.2) is 0 Å². The van der Waals surface area contributed by atoms with Crippen LogP contribution in [-0.4, -0.2) is 30.0 Å². The molecule has 0 saturated carbocycles. The average Bonchev–Trinajstić information content (AvgIpc) is 2.69. The zero-order valence-corrected chi connectivity index (χ0v) is 21.1. The predicted molar refractivity (Wildman–Crippen MR) is 127 cm³/mol. The summed E-state index contributed by atoms with van der Waals surface area (Å²) in [6.45, 7) is 13.0. The van der Waals surface area contributed by atoms with E-state index in [1.807, 2.05) is 13.8 Å². The van der Waals surface area contributed by atoms with Crippen molar-refractivity contribution in [2.45, 2.75) is 143 Å². The molecule has 0 N–H and O–H groups in total. The predicted octanol–water partition coefficient (Wildman–Crippen LogP) is 6.73. The lowest BCUT2D eigenvalue weighted by molar-refractivity contribution is -0.318. The van der Waals surface area contributed by atoms with E-state index in [-0.39, 0.29) is 5.41 Å². The van der Waals surface area contributed by atoms with Crippen LogP contribution in [0.4, 0.5) is 0 Å². The Labute approximate surface area is 188 Å². The van der Waals surface area contributed by atoms with Gasteiger partial charge in [-0.2, -0.15) is 0 Å². The number of nitrogens with zero attached hydrogens (tertiary/aromatic N) is 1. The van der Waals surface area contributed by atoms with Crippen molar-refractivity contribution in [3.05, 3.63) is 0 Å². The Hall–Kier alpha value is -0.570. The Morgan fingerprint density at radius 3 is 1.80 bits per heavy atom.